The van der Waals surface area contributed by atoms with Crippen LogP contribution in [-0.2, 0) is 4.79 Å². The van der Waals surface area contributed by atoms with Crippen molar-refractivity contribution in [1.82, 2.24) is 15.0 Å². The first-order valence-electron chi connectivity index (χ1n) is 18.3. The van der Waals surface area contributed by atoms with Gasteiger partial charge < -0.3 is 15.5 Å². The Bertz CT molecular complexity index is 1380. The van der Waals surface area contributed by atoms with E-state index in [0.717, 1.165) is 37.3 Å². The second-order valence-corrected chi connectivity index (χ2v) is 13.8. The van der Waals surface area contributed by atoms with Gasteiger partial charge in [0.2, 0.25) is 5.91 Å². The Morgan fingerprint density at radius 3 is 2.02 bits per heavy atom. The maximum atomic E-state index is 13.3. The largest absolute Gasteiger partial charge is 0.372 e. The van der Waals surface area contributed by atoms with Gasteiger partial charge in [-0.25, -0.2) is 14.7 Å². The molecule has 2 amide bonds. The van der Waals surface area contributed by atoms with E-state index in [1.807, 2.05) is 32.0 Å². The van der Waals surface area contributed by atoms with E-state index in [-0.39, 0.29) is 17.2 Å². The molecule has 2 aromatic rings. The number of aliphatic imine (C=N–C) groups is 1. The Morgan fingerprint density at radius 1 is 0.872 bits per heavy atom. The van der Waals surface area contributed by atoms with Gasteiger partial charge in [0.1, 0.15) is 5.71 Å². The SMILES string of the molecule is CCCCCCCCCCCCCCNC(=O)c1nc2n(c1C)N=C(C(C)(C)C)C2=Nc1ccc(N(CC)CC)cc1NC(=O)CC. The van der Waals surface area contributed by atoms with Crippen molar-refractivity contribution in [2.45, 2.75) is 139 Å². The first-order valence-corrected chi connectivity index (χ1v) is 18.3. The van der Waals surface area contributed by atoms with E-state index in [0.29, 0.717) is 47.3 Å². The maximum absolute atomic E-state index is 13.3. The van der Waals surface area contributed by atoms with E-state index < -0.39 is 0 Å². The van der Waals surface area contributed by atoms with Crippen LogP contribution in [0.25, 0.3) is 0 Å². The lowest BCUT2D eigenvalue weighted by Gasteiger charge is -2.22. The highest BCUT2D eigenvalue weighted by Gasteiger charge is 2.36. The zero-order valence-corrected chi connectivity index (χ0v) is 30.6. The van der Waals surface area contributed by atoms with Crippen molar-refractivity contribution in [2.24, 2.45) is 15.5 Å². The van der Waals surface area contributed by atoms with E-state index in [1.54, 1.807) is 4.68 Å². The van der Waals surface area contributed by atoms with Crippen LogP contribution in [0.3, 0.4) is 0 Å². The molecule has 2 N–H and O–H groups in total. The molecule has 9 nitrogen and oxygen atoms in total. The van der Waals surface area contributed by atoms with Crippen LogP contribution in [0.2, 0.25) is 0 Å². The number of hydrogen-bond donors (Lipinski definition) is 2. The van der Waals surface area contributed by atoms with Gasteiger partial charge >= 0.3 is 0 Å². The summed E-state index contributed by atoms with van der Waals surface area (Å²) in [5.74, 6) is 0.283. The van der Waals surface area contributed by atoms with E-state index in [9.17, 15) is 9.59 Å². The number of nitrogens with one attached hydrogen (secondary N) is 2. The molecule has 47 heavy (non-hydrogen) atoms. The molecule has 260 valence electrons. The summed E-state index contributed by atoms with van der Waals surface area (Å²) < 4.78 is 1.74. The second-order valence-electron chi connectivity index (χ2n) is 13.8. The molecule has 1 aromatic heterocycles. The molecule has 0 saturated heterocycles. The molecular formula is C38H61N7O2. The van der Waals surface area contributed by atoms with Gasteiger partial charge in [0.15, 0.2) is 11.5 Å². The number of rotatable bonds is 20. The number of anilines is 2. The summed E-state index contributed by atoms with van der Waals surface area (Å²) >= 11 is 0. The number of amides is 2. The highest BCUT2D eigenvalue weighted by molar-refractivity contribution is 6.50. The summed E-state index contributed by atoms with van der Waals surface area (Å²) in [5, 5.41) is 11.0. The molecule has 9 heteroatoms. The fourth-order valence-electron chi connectivity index (χ4n) is 5.96. The number of unbranched alkanes of at least 4 members (excludes halogenated alkanes) is 11. The highest BCUT2D eigenvalue weighted by atomic mass is 16.2. The van der Waals surface area contributed by atoms with Crippen molar-refractivity contribution >= 4 is 40.3 Å². The molecule has 3 rings (SSSR count). The van der Waals surface area contributed by atoms with Crippen LogP contribution in [0.5, 0.6) is 0 Å². The minimum Gasteiger partial charge on any atom is -0.372 e. The number of carbonyl (C=O) groups is 2. The first kappa shape index (κ1) is 38.0. The Labute approximate surface area is 284 Å². The van der Waals surface area contributed by atoms with Crippen molar-refractivity contribution in [3.63, 3.8) is 0 Å². The summed E-state index contributed by atoms with van der Waals surface area (Å²) in [5.41, 5.74) is 4.43. The van der Waals surface area contributed by atoms with Crippen molar-refractivity contribution in [3.05, 3.63) is 35.4 Å². The van der Waals surface area contributed by atoms with Crippen molar-refractivity contribution in [1.29, 1.82) is 0 Å². The molecule has 1 aliphatic heterocycles. The predicted octanol–water partition coefficient (Wildman–Crippen LogP) is 9.20. The Hall–Kier alpha value is -3.49. The zero-order chi connectivity index (χ0) is 34.4. The second kappa shape index (κ2) is 18.7. The van der Waals surface area contributed by atoms with Gasteiger partial charge in [-0.15, -0.1) is 0 Å². The summed E-state index contributed by atoms with van der Waals surface area (Å²) in [4.78, 5) is 37.9. The van der Waals surface area contributed by atoms with Gasteiger partial charge in [-0.3, -0.25) is 9.59 Å². The maximum Gasteiger partial charge on any atom is 0.271 e. The summed E-state index contributed by atoms with van der Waals surface area (Å²) in [6, 6.07) is 5.95. The van der Waals surface area contributed by atoms with Crippen LogP contribution in [0.4, 0.5) is 17.1 Å². The van der Waals surface area contributed by atoms with E-state index >= 15 is 0 Å². The standard InChI is InChI=1S/C38H61N7O2/c1-9-13-14-15-16-17-18-19-20-21-22-23-26-39-37(47)33-28(5)45-36(42-33)34(35(43-45)38(6,7)8)41-30-25-24-29(44(11-3)12-4)27-31(30)40-32(46)10-2/h24-25,27H,9-23,26H2,1-8H3,(H,39,47)(H,40,46). The van der Waals surface area contributed by atoms with Gasteiger partial charge in [0, 0.05) is 37.2 Å². The van der Waals surface area contributed by atoms with Crippen molar-refractivity contribution < 1.29 is 9.59 Å². The minimum atomic E-state index is -0.322. The van der Waals surface area contributed by atoms with Gasteiger partial charge in [-0.2, -0.15) is 5.10 Å². The van der Waals surface area contributed by atoms with Crippen LogP contribution in [0.1, 0.15) is 154 Å². The molecule has 1 aromatic carbocycles. The summed E-state index contributed by atoms with van der Waals surface area (Å²) in [7, 11) is 0. The summed E-state index contributed by atoms with van der Waals surface area (Å²) in [6.45, 7) is 18.8. The first-order chi connectivity index (χ1) is 22.5. The minimum absolute atomic E-state index is 0.0799. The van der Waals surface area contributed by atoms with Crippen LogP contribution in [-0.4, -0.2) is 52.5 Å². The number of carbonyl (C=O) groups excluding carboxylic acids is 2. The molecule has 0 spiro atoms. The summed E-state index contributed by atoms with van der Waals surface area (Å²) in [6.07, 6.45) is 15.8. The van der Waals surface area contributed by atoms with Crippen LogP contribution in [0.15, 0.2) is 28.3 Å². The average Bonchev–Trinajstić information content (AvgIpc) is 3.57. The number of benzene rings is 1. The highest BCUT2D eigenvalue weighted by Crippen LogP contribution is 2.34. The monoisotopic (exact) mass is 647 g/mol. The lowest BCUT2D eigenvalue weighted by Crippen LogP contribution is -2.28. The average molecular weight is 648 g/mol. The number of nitrogens with zero attached hydrogens (tertiary/aromatic N) is 5. The topological polar surface area (TPSA) is 104 Å². The van der Waals surface area contributed by atoms with Gasteiger partial charge in [-0.1, -0.05) is 105 Å². The molecule has 2 heterocycles. The number of aromatic nitrogens is 2. The molecule has 1 aliphatic rings. The zero-order valence-electron chi connectivity index (χ0n) is 30.6. The number of hydrogen-bond acceptors (Lipinski definition) is 6. The van der Waals surface area contributed by atoms with E-state index in [4.69, 9.17) is 15.1 Å². The lowest BCUT2D eigenvalue weighted by molar-refractivity contribution is -0.115. The van der Waals surface area contributed by atoms with Crippen LogP contribution >= 0.6 is 0 Å². The van der Waals surface area contributed by atoms with Gasteiger partial charge in [-0.05, 0) is 45.4 Å². The fraction of sp³-hybridized carbons (Fsp3) is 0.658. The van der Waals surface area contributed by atoms with E-state index in [2.05, 4.69) is 57.1 Å². The molecule has 0 radical (unpaired) electrons. The number of imidazole rings is 1. The Balaban J connectivity index is 1.70. The smallest absolute Gasteiger partial charge is 0.271 e. The molecule has 0 unspecified atom stereocenters. The molecular weight excluding hydrogens is 586 g/mol. The Kier molecular flexibility index (Phi) is 15.1. The van der Waals surface area contributed by atoms with Crippen molar-refractivity contribution in [2.75, 3.05) is 29.9 Å². The fourth-order valence-corrected chi connectivity index (χ4v) is 5.96. The lowest BCUT2D eigenvalue weighted by atomic mass is 9.87. The third kappa shape index (κ3) is 10.8. The van der Waals surface area contributed by atoms with Crippen molar-refractivity contribution in [3.8, 4) is 0 Å². The molecule has 0 aliphatic carbocycles. The normalized spacial score (nSPS) is 13.5. The Morgan fingerprint density at radius 2 is 1.47 bits per heavy atom. The molecule has 0 fully saturated rings. The molecule has 0 bridgehead atoms. The quantitative estimate of drug-likeness (QED) is 0.140. The van der Waals surface area contributed by atoms with Crippen LogP contribution < -0.4 is 15.5 Å². The predicted molar refractivity (Wildman–Crippen MR) is 198 cm³/mol. The third-order valence-electron chi connectivity index (χ3n) is 8.89. The van der Waals surface area contributed by atoms with Crippen LogP contribution in [0, 0.1) is 12.3 Å². The van der Waals surface area contributed by atoms with Gasteiger partial charge in [0.25, 0.3) is 5.91 Å². The third-order valence-corrected chi connectivity index (χ3v) is 8.89. The molecule has 0 saturated carbocycles. The van der Waals surface area contributed by atoms with E-state index in [1.165, 1.54) is 64.2 Å². The molecule has 0 atom stereocenters. The number of fused-ring (bicyclic) bond motifs is 1. The van der Waals surface area contributed by atoms with Gasteiger partial charge in [0.05, 0.1) is 22.8 Å².